The van der Waals surface area contributed by atoms with Crippen LogP contribution in [0, 0.1) is 0 Å². The molecule has 1 N–H and O–H groups in total. The van der Waals surface area contributed by atoms with E-state index in [9.17, 15) is 9.59 Å². The molecule has 0 atom stereocenters. The minimum atomic E-state index is -1.23. The van der Waals surface area contributed by atoms with E-state index in [1.807, 2.05) is 13.8 Å². The van der Waals surface area contributed by atoms with Gasteiger partial charge in [0.25, 0.3) is 5.79 Å². The molecule has 0 bridgehead atoms. The zero-order valence-electron chi connectivity index (χ0n) is 13.0. The summed E-state index contributed by atoms with van der Waals surface area (Å²) in [4.78, 5) is 23.5. The van der Waals surface area contributed by atoms with Gasteiger partial charge in [0, 0.05) is 25.7 Å². The van der Waals surface area contributed by atoms with Gasteiger partial charge in [0.2, 0.25) is 0 Å². The average molecular weight is 305 g/mol. The van der Waals surface area contributed by atoms with Crippen LogP contribution in [0.2, 0.25) is 0 Å². The maximum atomic E-state index is 11.8. The number of benzene rings is 1. The van der Waals surface area contributed by atoms with Crippen LogP contribution in [0.3, 0.4) is 0 Å². The van der Waals surface area contributed by atoms with E-state index in [-0.39, 0.29) is 11.7 Å². The van der Waals surface area contributed by atoms with Crippen LogP contribution in [0.25, 0.3) is 0 Å². The highest BCUT2D eigenvalue weighted by atomic mass is 16.7. The van der Waals surface area contributed by atoms with Crippen LogP contribution in [0.5, 0.6) is 5.75 Å². The highest BCUT2D eigenvalue weighted by molar-refractivity contribution is 6.15. The summed E-state index contributed by atoms with van der Waals surface area (Å²) < 4.78 is 15.5. The lowest BCUT2D eigenvalue weighted by molar-refractivity contribution is -0.222. The van der Waals surface area contributed by atoms with Gasteiger partial charge in [-0.05, 0) is 38.1 Å². The van der Waals surface area contributed by atoms with Gasteiger partial charge >= 0.3 is 11.9 Å². The number of ether oxygens (including phenoxy) is 3. The van der Waals surface area contributed by atoms with E-state index in [2.05, 4.69) is 5.32 Å². The van der Waals surface area contributed by atoms with E-state index in [4.69, 9.17) is 14.2 Å². The summed E-state index contributed by atoms with van der Waals surface area (Å²) in [6.07, 6.45) is 1.37. The van der Waals surface area contributed by atoms with Crippen molar-refractivity contribution in [2.75, 3.05) is 5.32 Å². The second-order valence-corrected chi connectivity index (χ2v) is 5.57. The minimum Gasteiger partial charge on any atom is -0.491 e. The predicted octanol–water partition coefficient (Wildman–Crippen LogP) is 2.61. The zero-order chi connectivity index (χ0) is 16.3. The molecule has 6 heteroatoms. The Labute approximate surface area is 129 Å². The molecule has 1 saturated heterocycles. The molecule has 0 aromatic heterocycles. The molecule has 1 fully saturated rings. The third-order valence-electron chi connectivity index (χ3n) is 2.73. The van der Waals surface area contributed by atoms with Gasteiger partial charge in [0.05, 0.1) is 6.10 Å². The number of cyclic esters (lactones) is 2. The summed E-state index contributed by atoms with van der Waals surface area (Å²) in [5.41, 5.74) is 0.524. The van der Waals surface area contributed by atoms with Gasteiger partial charge in [0.1, 0.15) is 5.75 Å². The van der Waals surface area contributed by atoms with Gasteiger partial charge in [-0.3, -0.25) is 0 Å². The molecule has 2 rings (SSSR count). The van der Waals surface area contributed by atoms with Gasteiger partial charge in [-0.2, -0.15) is 0 Å². The van der Waals surface area contributed by atoms with Crippen LogP contribution in [-0.2, 0) is 19.1 Å². The summed E-state index contributed by atoms with van der Waals surface area (Å²) >= 11 is 0. The van der Waals surface area contributed by atoms with Gasteiger partial charge in [-0.25, -0.2) is 9.59 Å². The Morgan fingerprint density at radius 3 is 2.14 bits per heavy atom. The summed E-state index contributed by atoms with van der Waals surface area (Å²) in [5.74, 6) is -1.92. The number of hydrogen-bond donors (Lipinski definition) is 1. The van der Waals surface area contributed by atoms with Crippen molar-refractivity contribution in [3.63, 3.8) is 0 Å². The zero-order valence-corrected chi connectivity index (χ0v) is 13.0. The van der Waals surface area contributed by atoms with Crippen molar-refractivity contribution in [3.05, 3.63) is 36.0 Å². The Balaban J connectivity index is 2.05. The molecule has 0 spiro atoms. The third-order valence-corrected chi connectivity index (χ3v) is 2.73. The Bertz CT molecular complexity index is 579. The molecule has 1 heterocycles. The standard InChI is InChI=1S/C16H19NO5/c1-10(2)20-12-7-5-11(6-8-12)17-9-13-14(18)21-16(3,4)22-15(13)19/h5-10,17H,1-4H3. The quantitative estimate of drug-likeness (QED) is 0.523. The first-order valence-electron chi connectivity index (χ1n) is 6.97. The lowest BCUT2D eigenvalue weighted by atomic mass is 10.2. The summed E-state index contributed by atoms with van der Waals surface area (Å²) in [5, 5.41) is 2.86. The maximum Gasteiger partial charge on any atom is 0.350 e. The molecule has 1 aromatic carbocycles. The van der Waals surface area contributed by atoms with E-state index in [1.165, 1.54) is 20.0 Å². The normalized spacial score (nSPS) is 16.9. The van der Waals surface area contributed by atoms with E-state index < -0.39 is 17.7 Å². The highest BCUT2D eigenvalue weighted by Crippen LogP contribution is 2.23. The Morgan fingerprint density at radius 2 is 1.64 bits per heavy atom. The molecule has 0 aliphatic carbocycles. The van der Waals surface area contributed by atoms with E-state index >= 15 is 0 Å². The van der Waals surface area contributed by atoms with Crippen molar-refractivity contribution in [2.45, 2.75) is 39.6 Å². The van der Waals surface area contributed by atoms with Crippen molar-refractivity contribution in [2.24, 2.45) is 0 Å². The molecule has 1 aliphatic heterocycles. The van der Waals surface area contributed by atoms with Gasteiger partial charge < -0.3 is 19.5 Å². The van der Waals surface area contributed by atoms with Crippen molar-refractivity contribution >= 4 is 17.6 Å². The van der Waals surface area contributed by atoms with Gasteiger partial charge in [0.15, 0.2) is 5.57 Å². The van der Waals surface area contributed by atoms with Crippen LogP contribution >= 0.6 is 0 Å². The number of nitrogens with one attached hydrogen (secondary N) is 1. The Morgan fingerprint density at radius 1 is 1.09 bits per heavy atom. The lowest BCUT2D eigenvalue weighted by Gasteiger charge is -2.29. The first-order valence-corrected chi connectivity index (χ1v) is 6.97. The van der Waals surface area contributed by atoms with Crippen LogP contribution in [-0.4, -0.2) is 23.8 Å². The lowest BCUT2D eigenvalue weighted by Crippen LogP contribution is -2.42. The number of esters is 2. The Kier molecular flexibility index (Phi) is 4.40. The second kappa shape index (κ2) is 6.09. The number of carbonyl (C=O) groups is 2. The molecule has 1 aromatic rings. The van der Waals surface area contributed by atoms with E-state index in [0.29, 0.717) is 5.69 Å². The van der Waals surface area contributed by atoms with Crippen LogP contribution in [0.15, 0.2) is 36.0 Å². The molecule has 118 valence electrons. The molecule has 6 nitrogen and oxygen atoms in total. The van der Waals surface area contributed by atoms with E-state index in [0.717, 1.165) is 5.75 Å². The number of hydrogen-bond acceptors (Lipinski definition) is 6. The summed E-state index contributed by atoms with van der Waals surface area (Å²) in [6, 6.07) is 7.14. The number of carbonyl (C=O) groups excluding carboxylic acids is 2. The molecule has 0 amide bonds. The number of anilines is 1. The van der Waals surface area contributed by atoms with Crippen molar-refractivity contribution in [1.82, 2.24) is 0 Å². The van der Waals surface area contributed by atoms with Crippen molar-refractivity contribution < 1.29 is 23.8 Å². The molecule has 0 radical (unpaired) electrons. The first-order chi connectivity index (χ1) is 10.3. The molecular formula is C16H19NO5. The fourth-order valence-corrected chi connectivity index (χ4v) is 1.84. The summed E-state index contributed by atoms with van der Waals surface area (Å²) in [6.45, 7) is 6.89. The molecule has 0 saturated carbocycles. The molecule has 1 aliphatic rings. The maximum absolute atomic E-state index is 11.8. The number of rotatable bonds is 4. The first kappa shape index (κ1) is 15.9. The van der Waals surface area contributed by atoms with Crippen molar-refractivity contribution in [3.8, 4) is 5.75 Å². The van der Waals surface area contributed by atoms with E-state index in [1.54, 1.807) is 24.3 Å². The highest BCUT2D eigenvalue weighted by Gasteiger charge is 2.38. The fourth-order valence-electron chi connectivity index (χ4n) is 1.84. The predicted molar refractivity (Wildman–Crippen MR) is 80.2 cm³/mol. The Hall–Kier alpha value is -2.50. The largest absolute Gasteiger partial charge is 0.491 e. The SMILES string of the molecule is CC(C)Oc1ccc(NC=C2C(=O)OC(C)(C)OC2=O)cc1. The smallest absolute Gasteiger partial charge is 0.350 e. The molecule has 22 heavy (non-hydrogen) atoms. The molecular weight excluding hydrogens is 286 g/mol. The summed E-state index contributed by atoms with van der Waals surface area (Å²) in [7, 11) is 0. The third kappa shape index (κ3) is 4.00. The molecule has 0 unspecified atom stereocenters. The van der Waals surface area contributed by atoms with Gasteiger partial charge in [-0.15, -0.1) is 0 Å². The van der Waals surface area contributed by atoms with Crippen LogP contribution < -0.4 is 10.1 Å². The van der Waals surface area contributed by atoms with Crippen LogP contribution in [0.4, 0.5) is 5.69 Å². The fraction of sp³-hybridized carbons (Fsp3) is 0.375. The monoisotopic (exact) mass is 305 g/mol. The van der Waals surface area contributed by atoms with Crippen LogP contribution in [0.1, 0.15) is 27.7 Å². The minimum absolute atomic E-state index is 0.0936. The van der Waals surface area contributed by atoms with Crippen molar-refractivity contribution in [1.29, 1.82) is 0 Å². The topological polar surface area (TPSA) is 73.9 Å². The van der Waals surface area contributed by atoms with Gasteiger partial charge in [-0.1, -0.05) is 0 Å². The second-order valence-electron chi connectivity index (χ2n) is 5.57. The average Bonchev–Trinajstić information content (AvgIpc) is 2.37.